The fraction of sp³-hybridized carbons (Fsp3) is 0.600. The van der Waals surface area contributed by atoms with Crippen LogP contribution in [-0.4, -0.2) is 23.6 Å². The van der Waals surface area contributed by atoms with Crippen molar-refractivity contribution >= 4 is 11.8 Å². The first-order valence-corrected chi connectivity index (χ1v) is 5.22. The lowest BCUT2D eigenvalue weighted by atomic mass is 10.3. The SMILES string of the molecule is Cc1cnc(NN)nc1N(C)CC1CC1. The molecule has 0 aromatic carbocycles. The Bertz CT molecular complexity index is 348. The summed E-state index contributed by atoms with van der Waals surface area (Å²) < 4.78 is 0. The summed E-state index contributed by atoms with van der Waals surface area (Å²) in [6.45, 7) is 3.08. The summed E-state index contributed by atoms with van der Waals surface area (Å²) in [5, 5.41) is 0. The van der Waals surface area contributed by atoms with E-state index < -0.39 is 0 Å². The molecule has 0 saturated heterocycles. The molecular weight excluding hydrogens is 190 g/mol. The van der Waals surface area contributed by atoms with Gasteiger partial charge in [0, 0.05) is 25.4 Å². The number of nitrogens with two attached hydrogens (primary N) is 1. The van der Waals surface area contributed by atoms with Gasteiger partial charge in [-0.3, -0.25) is 5.43 Å². The highest BCUT2D eigenvalue weighted by Gasteiger charge is 2.24. The lowest BCUT2D eigenvalue weighted by molar-refractivity contribution is 0.772. The minimum atomic E-state index is 0.471. The molecule has 2 rings (SSSR count). The maximum absolute atomic E-state index is 5.29. The zero-order valence-electron chi connectivity index (χ0n) is 9.20. The third-order valence-electron chi connectivity index (χ3n) is 2.66. The van der Waals surface area contributed by atoms with Crippen molar-refractivity contribution in [3.05, 3.63) is 11.8 Å². The van der Waals surface area contributed by atoms with Crippen LogP contribution >= 0.6 is 0 Å². The minimum Gasteiger partial charge on any atom is -0.359 e. The second-order valence-corrected chi connectivity index (χ2v) is 4.17. The van der Waals surface area contributed by atoms with Crippen molar-refractivity contribution in [3.8, 4) is 0 Å². The summed E-state index contributed by atoms with van der Waals surface area (Å²) in [6, 6.07) is 0. The average Bonchev–Trinajstić information content (AvgIpc) is 3.02. The Morgan fingerprint density at radius 3 is 2.93 bits per heavy atom. The number of aryl methyl sites for hydroxylation is 1. The molecule has 0 unspecified atom stereocenters. The van der Waals surface area contributed by atoms with E-state index in [2.05, 4.69) is 27.3 Å². The summed E-state index contributed by atoms with van der Waals surface area (Å²) in [5.41, 5.74) is 3.55. The number of hydrogen-bond acceptors (Lipinski definition) is 5. The maximum atomic E-state index is 5.29. The molecule has 1 aromatic rings. The number of nitrogens with one attached hydrogen (secondary N) is 1. The quantitative estimate of drug-likeness (QED) is 0.567. The van der Waals surface area contributed by atoms with Crippen molar-refractivity contribution < 1.29 is 0 Å². The molecule has 1 fully saturated rings. The van der Waals surface area contributed by atoms with E-state index in [1.54, 1.807) is 6.20 Å². The standard InChI is InChI=1S/C10H17N5/c1-7-5-12-10(14-11)13-9(7)15(2)6-8-3-4-8/h5,8H,3-4,6,11H2,1-2H3,(H,12,13,14). The molecule has 0 atom stereocenters. The minimum absolute atomic E-state index is 0.471. The molecule has 5 nitrogen and oxygen atoms in total. The molecule has 82 valence electrons. The molecule has 0 amide bonds. The topological polar surface area (TPSA) is 67.1 Å². The zero-order chi connectivity index (χ0) is 10.8. The van der Waals surface area contributed by atoms with Crippen LogP contribution in [0.5, 0.6) is 0 Å². The second-order valence-electron chi connectivity index (χ2n) is 4.17. The van der Waals surface area contributed by atoms with Gasteiger partial charge in [-0.05, 0) is 25.7 Å². The van der Waals surface area contributed by atoms with Crippen molar-refractivity contribution in [2.75, 3.05) is 23.9 Å². The Balaban J connectivity index is 2.16. The molecule has 0 bridgehead atoms. The van der Waals surface area contributed by atoms with E-state index >= 15 is 0 Å². The Morgan fingerprint density at radius 2 is 2.33 bits per heavy atom. The smallest absolute Gasteiger partial charge is 0.239 e. The third-order valence-corrected chi connectivity index (χ3v) is 2.66. The summed E-state index contributed by atoms with van der Waals surface area (Å²) in [4.78, 5) is 10.6. The van der Waals surface area contributed by atoms with Gasteiger partial charge in [0.2, 0.25) is 5.95 Å². The van der Waals surface area contributed by atoms with Crippen LogP contribution in [0.4, 0.5) is 11.8 Å². The van der Waals surface area contributed by atoms with Crippen LogP contribution in [0.2, 0.25) is 0 Å². The second kappa shape index (κ2) is 4.02. The molecule has 1 heterocycles. The van der Waals surface area contributed by atoms with Crippen LogP contribution in [0.3, 0.4) is 0 Å². The van der Waals surface area contributed by atoms with Gasteiger partial charge in [-0.2, -0.15) is 4.98 Å². The molecule has 1 aliphatic carbocycles. The van der Waals surface area contributed by atoms with Crippen LogP contribution in [-0.2, 0) is 0 Å². The van der Waals surface area contributed by atoms with Gasteiger partial charge in [0.1, 0.15) is 5.82 Å². The predicted octanol–water partition coefficient (Wildman–Crippen LogP) is 0.917. The molecule has 1 aromatic heterocycles. The van der Waals surface area contributed by atoms with Crippen molar-refractivity contribution in [1.82, 2.24) is 9.97 Å². The van der Waals surface area contributed by atoms with E-state index in [0.29, 0.717) is 5.95 Å². The van der Waals surface area contributed by atoms with Gasteiger partial charge in [-0.15, -0.1) is 0 Å². The number of aromatic nitrogens is 2. The van der Waals surface area contributed by atoms with Gasteiger partial charge in [0.15, 0.2) is 0 Å². The van der Waals surface area contributed by atoms with Crippen molar-refractivity contribution in [1.29, 1.82) is 0 Å². The summed E-state index contributed by atoms with van der Waals surface area (Å²) in [7, 11) is 2.06. The number of nitrogen functional groups attached to an aromatic ring is 1. The molecule has 3 N–H and O–H groups in total. The molecular formula is C10H17N5. The lowest BCUT2D eigenvalue weighted by Gasteiger charge is -2.20. The van der Waals surface area contributed by atoms with Crippen LogP contribution < -0.4 is 16.2 Å². The maximum Gasteiger partial charge on any atom is 0.239 e. The van der Waals surface area contributed by atoms with E-state index in [9.17, 15) is 0 Å². The first-order chi connectivity index (χ1) is 7.20. The largest absolute Gasteiger partial charge is 0.359 e. The molecule has 15 heavy (non-hydrogen) atoms. The molecule has 5 heteroatoms. The number of rotatable bonds is 4. The number of anilines is 2. The Morgan fingerprint density at radius 1 is 1.60 bits per heavy atom. The Kier molecular flexibility index (Phi) is 2.73. The normalized spacial score (nSPS) is 15.1. The first kappa shape index (κ1) is 10.2. The van der Waals surface area contributed by atoms with Gasteiger partial charge in [-0.25, -0.2) is 10.8 Å². The van der Waals surface area contributed by atoms with Gasteiger partial charge >= 0.3 is 0 Å². The van der Waals surface area contributed by atoms with Crippen LogP contribution in [0, 0.1) is 12.8 Å². The van der Waals surface area contributed by atoms with Gasteiger partial charge in [0.05, 0.1) is 0 Å². The lowest BCUT2D eigenvalue weighted by Crippen LogP contribution is -2.23. The van der Waals surface area contributed by atoms with Crippen molar-refractivity contribution in [3.63, 3.8) is 0 Å². The van der Waals surface area contributed by atoms with Gasteiger partial charge in [-0.1, -0.05) is 0 Å². The fourth-order valence-corrected chi connectivity index (χ4v) is 1.66. The van der Waals surface area contributed by atoms with Gasteiger partial charge in [0.25, 0.3) is 0 Å². The van der Waals surface area contributed by atoms with Crippen LogP contribution in [0.1, 0.15) is 18.4 Å². The van der Waals surface area contributed by atoms with Crippen LogP contribution in [0.25, 0.3) is 0 Å². The highest BCUT2D eigenvalue weighted by atomic mass is 15.3. The summed E-state index contributed by atoms with van der Waals surface area (Å²) in [6.07, 6.45) is 4.48. The van der Waals surface area contributed by atoms with E-state index in [4.69, 9.17) is 5.84 Å². The summed E-state index contributed by atoms with van der Waals surface area (Å²) in [5.74, 6) is 7.57. The van der Waals surface area contributed by atoms with E-state index in [-0.39, 0.29) is 0 Å². The van der Waals surface area contributed by atoms with Crippen LogP contribution in [0.15, 0.2) is 6.20 Å². The molecule has 0 radical (unpaired) electrons. The molecule has 0 aliphatic heterocycles. The van der Waals surface area contributed by atoms with Crippen molar-refractivity contribution in [2.45, 2.75) is 19.8 Å². The molecule has 0 spiro atoms. The number of hydrogen-bond donors (Lipinski definition) is 2. The van der Waals surface area contributed by atoms with E-state index in [1.807, 2.05) is 6.92 Å². The predicted molar refractivity (Wildman–Crippen MR) is 60.6 cm³/mol. The Labute approximate surface area is 89.7 Å². The van der Waals surface area contributed by atoms with E-state index in [0.717, 1.165) is 23.8 Å². The zero-order valence-corrected chi connectivity index (χ0v) is 9.20. The number of nitrogens with zero attached hydrogens (tertiary/aromatic N) is 3. The highest BCUT2D eigenvalue weighted by molar-refractivity contribution is 5.48. The fourth-order valence-electron chi connectivity index (χ4n) is 1.66. The molecule has 1 aliphatic rings. The summed E-state index contributed by atoms with van der Waals surface area (Å²) >= 11 is 0. The molecule has 1 saturated carbocycles. The Hall–Kier alpha value is -1.36. The first-order valence-electron chi connectivity index (χ1n) is 5.22. The van der Waals surface area contributed by atoms with Crippen molar-refractivity contribution in [2.24, 2.45) is 11.8 Å². The van der Waals surface area contributed by atoms with Gasteiger partial charge < -0.3 is 4.90 Å². The highest BCUT2D eigenvalue weighted by Crippen LogP contribution is 2.31. The third kappa shape index (κ3) is 2.36. The van der Waals surface area contributed by atoms with E-state index in [1.165, 1.54) is 12.8 Å². The monoisotopic (exact) mass is 207 g/mol. The average molecular weight is 207 g/mol. The number of hydrazine groups is 1.